The molecule has 1 aromatic rings. The lowest BCUT2D eigenvalue weighted by molar-refractivity contribution is 0.0949. The fourth-order valence-corrected chi connectivity index (χ4v) is 1.32. The highest BCUT2D eigenvalue weighted by Gasteiger charge is 2.13. The summed E-state index contributed by atoms with van der Waals surface area (Å²) in [5, 5.41) is 11.9. The molecule has 0 aliphatic rings. The number of carbonyl (C=O) groups excluding carboxylic acids is 1. The number of halogens is 1. The molecule has 0 saturated heterocycles. The van der Waals surface area contributed by atoms with Gasteiger partial charge in [-0.2, -0.15) is 0 Å². The Labute approximate surface area is 94.3 Å². The van der Waals surface area contributed by atoms with Crippen LogP contribution in [0.15, 0.2) is 12.1 Å². The van der Waals surface area contributed by atoms with Gasteiger partial charge in [0.1, 0.15) is 11.6 Å². The predicted molar refractivity (Wildman–Crippen MR) is 60.0 cm³/mol. The van der Waals surface area contributed by atoms with E-state index in [1.807, 2.05) is 6.92 Å². The lowest BCUT2D eigenvalue weighted by Gasteiger charge is -2.07. The third kappa shape index (κ3) is 2.95. The van der Waals surface area contributed by atoms with E-state index in [4.69, 9.17) is 0 Å². The number of unbranched alkanes of at least 4 members (excludes halogenated alkanes) is 1. The number of amides is 1. The van der Waals surface area contributed by atoms with E-state index >= 15 is 0 Å². The summed E-state index contributed by atoms with van der Waals surface area (Å²) in [6.07, 6.45) is 1.84. The van der Waals surface area contributed by atoms with E-state index in [2.05, 4.69) is 5.32 Å². The van der Waals surface area contributed by atoms with Crippen molar-refractivity contribution >= 4 is 5.91 Å². The van der Waals surface area contributed by atoms with Gasteiger partial charge in [0, 0.05) is 12.6 Å². The molecule has 0 spiro atoms. The van der Waals surface area contributed by atoms with E-state index in [0.717, 1.165) is 18.9 Å². The van der Waals surface area contributed by atoms with E-state index in [1.165, 1.54) is 6.07 Å². The highest BCUT2D eigenvalue weighted by molar-refractivity contribution is 5.94. The molecular weight excluding hydrogens is 209 g/mol. The molecule has 1 amide bonds. The van der Waals surface area contributed by atoms with Gasteiger partial charge in [-0.15, -0.1) is 0 Å². The molecule has 0 aliphatic carbocycles. The molecule has 0 aliphatic heterocycles. The van der Waals surface area contributed by atoms with Crippen LogP contribution < -0.4 is 5.32 Å². The van der Waals surface area contributed by atoms with E-state index in [0.29, 0.717) is 12.1 Å². The summed E-state index contributed by atoms with van der Waals surface area (Å²) in [4.78, 5) is 11.6. The Hall–Kier alpha value is -1.58. The van der Waals surface area contributed by atoms with Gasteiger partial charge < -0.3 is 10.4 Å². The third-order valence-electron chi connectivity index (χ3n) is 2.35. The molecule has 4 heteroatoms. The number of nitrogens with one attached hydrogen (secondary N) is 1. The van der Waals surface area contributed by atoms with Gasteiger partial charge in [0.15, 0.2) is 0 Å². The second-order valence-electron chi connectivity index (χ2n) is 3.73. The van der Waals surface area contributed by atoms with Crippen LogP contribution in [-0.2, 0) is 0 Å². The Morgan fingerprint density at radius 3 is 2.81 bits per heavy atom. The maximum Gasteiger partial charge on any atom is 0.254 e. The van der Waals surface area contributed by atoms with Crippen molar-refractivity contribution in [3.05, 3.63) is 29.1 Å². The molecule has 0 saturated carbocycles. The van der Waals surface area contributed by atoms with Gasteiger partial charge in [-0.1, -0.05) is 13.3 Å². The van der Waals surface area contributed by atoms with Crippen LogP contribution in [0.5, 0.6) is 5.75 Å². The standard InChI is InChI=1S/C12H16FNO2/c1-3-4-5-14-12(16)9-6-8(2)11(15)7-10(9)13/h6-7,15H,3-5H2,1-2H3,(H,14,16). The average molecular weight is 225 g/mol. The summed E-state index contributed by atoms with van der Waals surface area (Å²) in [5.74, 6) is -1.27. The minimum Gasteiger partial charge on any atom is -0.508 e. The molecule has 88 valence electrons. The van der Waals surface area contributed by atoms with Crippen molar-refractivity contribution in [1.82, 2.24) is 5.32 Å². The number of benzene rings is 1. The highest BCUT2D eigenvalue weighted by Crippen LogP contribution is 2.20. The van der Waals surface area contributed by atoms with Gasteiger partial charge in [-0.05, 0) is 25.0 Å². The highest BCUT2D eigenvalue weighted by atomic mass is 19.1. The Bertz CT molecular complexity index is 391. The first-order chi connectivity index (χ1) is 7.56. The normalized spacial score (nSPS) is 10.2. The minimum absolute atomic E-state index is 0.0218. The molecule has 0 atom stereocenters. The van der Waals surface area contributed by atoms with Crippen LogP contribution in [0.4, 0.5) is 4.39 Å². The van der Waals surface area contributed by atoms with E-state index in [1.54, 1.807) is 6.92 Å². The summed E-state index contributed by atoms with van der Waals surface area (Å²) in [5.41, 5.74) is 0.466. The molecule has 16 heavy (non-hydrogen) atoms. The third-order valence-corrected chi connectivity index (χ3v) is 2.35. The first-order valence-electron chi connectivity index (χ1n) is 5.33. The molecule has 0 unspecified atom stereocenters. The first-order valence-corrected chi connectivity index (χ1v) is 5.33. The minimum atomic E-state index is -0.697. The van der Waals surface area contributed by atoms with E-state index < -0.39 is 11.7 Å². The molecule has 0 fully saturated rings. The van der Waals surface area contributed by atoms with Gasteiger partial charge in [-0.25, -0.2) is 4.39 Å². The van der Waals surface area contributed by atoms with Crippen molar-refractivity contribution in [3.8, 4) is 5.75 Å². The molecular formula is C12H16FNO2. The quantitative estimate of drug-likeness (QED) is 0.773. The summed E-state index contributed by atoms with van der Waals surface area (Å²) < 4.78 is 13.4. The number of hydrogen-bond acceptors (Lipinski definition) is 2. The van der Waals surface area contributed by atoms with Crippen molar-refractivity contribution in [1.29, 1.82) is 0 Å². The van der Waals surface area contributed by atoms with Crippen LogP contribution >= 0.6 is 0 Å². The SMILES string of the molecule is CCCCNC(=O)c1cc(C)c(O)cc1F. The predicted octanol–water partition coefficient (Wildman–Crippen LogP) is 2.37. The van der Waals surface area contributed by atoms with E-state index in [-0.39, 0.29) is 11.3 Å². The van der Waals surface area contributed by atoms with Crippen LogP contribution in [0.25, 0.3) is 0 Å². The molecule has 1 aromatic carbocycles. The van der Waals surface area contributed by atoms with Gasteiger partial charge in [0.05, 0.1) is 5.56 Å². The Morgan fingerprint density at radius 1 is 1.50 bits per heavy atom. The molecule has 0 radical (unpaired) electrons. The molecule has 0 bridgehead atoms. The second kappa shape index (κ2) is 5.49. The Balaban J connectivity index is 2.79. The van der Waals surface area contributed by atoms with Crippen LogP contribution in [0.1, 0.15) is 35.7 Å². The zero-order valence-corrected chi connectivity index (χ0v) is 9.51. The van der Waals surface area contributed by atoms with Crippen LogP contribution in [-0.4, -0.2) is 17.6 Å². The number of aryl methyl sites for hydroxylation is 1. The summed E-state index contributed by atoms with van der Waals surface area (Å²) in [7, 11) is 0. The zero-order chi connectivity index (χ0) is 12.1. The van der Waals surface area contributed by atoms with Crippen LogP contribution in [0.3, 0.4) is 0 Å². The fraction of sp³-hybridized carbons (Fsp3) is 0.417. The fourth-order valence-electron chi connectivity index (χ4n) is 1.32. The lowest BCUT2D eigenvalue weighted by atomic mass is 10.1. The Kier molecular flexibility index (Phi) is 4.28. The number of rotatable bonds is 4. The summed E-state index contributed by atoms with van der Waals surface area (Å²) >= 11 is 0. The van der Waals surface area contributed by atoms with Crippen LogP contribution in [0.2, 0.25) is 0 Å². The topological polar surface area (TPSA) is 49.3 Å². The monoisotopic (exact) mass is 225 g/mol. The lowest BCUT2D eigenvalue weighted by Crippen LogP contribution is -2.25. The number of aromatic hydroxyl groups is 1. The van der Waals surface area contributed by atoms with Gasteiger partial charge >= 0.3 is 0 Å². The van der Waals surface area contributed by atoms with Gasteiger partial charge in [-0.3, -0.25) is 4.79 Å². The molecule has 3 nitrogen and oxygen atoms in total. The maximum absolute atomic E-state index is 13.4. The van der Waals surface area contributed by atoms with E-state index in [9.17, 15) is 14.3 Å². The summed E-state index contributed by atoms with van der Waals surface area (Å²) in [6.45, 7) is 4.17. The summed E-state index contributed by atoms with van der Waals surface area (Å²) in [6, 6.07) is 2.32. The first kappa shape index (κ1) is 12.5. The van der Waals surface area contributed by atoms with Crippen molar-refractivity contribution in [3.63, 3.8) is 0 Å². The smallest absolute Gasteiger partial charge is 0.254 e. The second-order valence-corrected chi connectivity index (χ2v) is 3.73. The van der Waals surface area contributed by atoms with Gasteiger partial charge in [0.2, 0.25) is 0 Å². The molecule has 2 N–H and O–H groups in total. The van der Waals surface area contributed by atoms with Crippen molar-refractivity contribution in [2.75, 3.05) is 6.54 Å². The molecule has 1 rings (SSSR count). The maximum atomic E-state index is 13.4. The largest absolute Gasteiger partial charge is 0.508 e. The number of carbonyl (C=O) groups is 1. The van der Waals surface area contributed by atoms with Crippen molar-refractivity contribution < 1.29 is 14.3 Å². The van der Waals surface area contributed by atoms with Gasteiger partial charge in [0.25, 0.3) is 5.91 Å². The molecule has 0 aromatic heterocycles. The zero-order valence-electron chi connectivity index (χ0n) is 9.51. The number of phenolic OH excluding ortho intramolecular Hbond substituents is 1. The number of hydrogen-bond donors (Lipinski definition) is 2. The Morgan fingerprint density at radius 2 is 2.19 bits per heavy atom. The van der Waals surface area contributed by atoms with Crippen molar-refractivity contribution in [2.45, 2.75) is 26.7 Å². The van der Waals surface area contributed by atoms with Crippen LogP contribution in [0, 0.1) is 12.7 Å². The van der Waals surface area contributed by atoms with Crippen molar-refractivity contribution in [2.24, 2.45) is 0 Å². The molecule has 0 heterocycles. The number of phenols is 1. The average Bonchev–Trinajstić information content (AvgIpc) is 2.23.